The largest absolute Gasteiger partial charge is 0.496 e. The Morgan fingerprint density at radius 1 is 0.607 bits per heavy atom. The molecule has 0 spiro atoms. The molecule has 4 heteroatoms. The zero-order chi connectivity index (χ0) is 18.8. The van der Waals surface area contributed by atoms with Crippen molar-refractivity contribution in [2.75, 3.05) is 14.2 Å². The molecule has 4 nitrogen and oxygen atoms in total. The van der Waals surface area contributed by atoms with Crippen LogP contribution in [0.5, 0.6) is 23.0 Å². The van der Waals surface area contributed by atoms with Crippen molar-refractivity contribution < 1.29 is 18.9 Å². The molecule has 4 aromatic carbocycles. The predicted molar refractivity (Wildman–Crippen MR) is 108 cm³/mol. The first kappa shape index (κ1) is 15.6. The Kier molecular flexibility index (Phi) is 3.10. The number of benzene rings is 4. The van der Waals surface area contributed by atoms with E-state index in [-0.39, 0.29) is 12.2 Å². The lowest BCUT2D eigenvalue weighted by atomic mass is 9.98. The van der Waals surface area contributed by atoms with Crippen molar-refractivity contribution in [3.8, 4) is 23.0 Å². The van der Waals surface area contributed by atoms with Gasteiger partial charge in [-0.15, -0.1) is 0 Å². The monoisotopic (exact) mass is 370 g/mol. The fourth-order valence-corrected chi connectivity index (χ4v) is 4.53. The topological polar surface area (TPSA) is 36.9 Å². The van der Waals surface area contributed by atoms with Gasteiger partial charge in [-0.2, -0.15) is 0 Å². The van der Waals surface area contributed by atoms with Crippen molar-refractivity contribution in [3.63, 3.8) is 0 Å². The summed E-state index contributed by atoms with van der Waals surface area (Å²) in [5, 5.41) is 4.17. The number of hydrogen-bond acceptors (Lipinski definition) is 4. The molecule has 6 rings (SSSR count). The van der Waals surface area contributed by atoms with Crippen LogP contribution in [0.3, 0.4) is 0 Å². The van der Waals surface area contributed by atoms with Crippen LogP contribution in [0.1, 0.15) is 23.3 Å². The Morgan fingerprint density at radius 2 is 1.00 bits per heavy atom. The molecule has 4 aromatic rings. The summed E-state index contributed by atoms with van der Waals surface area (Å²) in [7, 11) is 3.40. The third-order valence-corrected chi connectivity index (χ3v) is 5.79. The van der Waals surface area contributed by atoms with Crippen molar-refractivity contribution in [2.24, 2.45) is 0 Å². The first-order valence-electron chi connectivity index (χ1n) is 9.32. The molecular weight excluding hydrogens is 352 g/mol. The van der Waals surface area contributed by atoms with E-state index in [1.165, 1.54) is 0 Å². The fraction of sp³-hybridized carbons (Fsp3) is 0.167. The van der Waals surface area contributed by atoms with Gasteiger partial charge >= 0.3 is 0 Å². The smallest absolute Gasteiger partial charge is 0.169 e. The van der Waals surface area contributed by atoms with Crippen molar-refractivity contribution in [3.05, 3.63) is 71.8 Å². The number of fused-ring (bicyclic) bond motifs is 9. The van der Waals surface area contributed by atoms with Gasteiger partial charge in [-0.05, 0) is 12.1 Å². The summed E-state index contributed by atoms with van der Waals surface area (Å²) in [4.78, 5) is 0. The Hall–Kier alpha value is -3.40. The number of hydrogen-bond donors (Lipinski definition) is 0. The van der Waals surface area contributed by atoms with Crippen molar-refractivity contribution in [2.45, 2.75) is 12.2 Å². The molecule has 0 amide bonds. The lowest BCUT2D eigenvalue weighted by Crippen LogP contribution is -2.06. The van der Waals surface area contributed by atoms with Crippen LogP contribution in [0.2, 0.25) is 0 Å². The summed E-state index contributed by atoms with van der Waals surface area (Å²) in [5.74, 6) is 3.43. The molecule has 2 atom stereocenters. The van der Waals surface area contributed by atoms with Gasteiger partial charge in [-0.25, -0.2) is 0 Å². The van der Waals surface area contributed by atoms with E-state index in [1.807, 2.05) is 36.4 Å². The Morgan fingerprint density at radius 3 is 1.39 bits per heavy atom. The second-order valence-corrected chi connectivity index (χ2v) is 7.16. The molecule has 0 saturated carbocycles. The van der Waals surface area contributed by atoms with E-state index < -0.39 is 0 Å². The van der Waals surface area contributed by atoms with Gasteiger partial charge in [-0.3, -0.25) is 0 Å². The molecule has 0 bridgehead atoms. The average Bonchev–Trinajstić information content (AvgIpc) is 3.29. The third kappa shape index (κ3) is 1.89. The standard InChI is InChI=1S/C24H18O4/c1-25-19-11-17-21(15-9-5-3-7-13(15)19)27-24-18-12-20(26-2)14-8-4-6-10-16(14)22(18)28-23(17)24/h3-12,23-24H,1-2H3/t23-,24-/m1/s1. The molecule has 28 heavy (non-hydrogen) atoms. The highest BCUT2D eigenvalue weighted by Crippen LogP contribution is 2.59. The van der Waals surface area contributed by atoms with Crippen LogP contribution in [-0.2, 0) is 0 Å². The second-order valence-electron chi connectivity index (χ2n) is 7.16. The third-order valence-electron chi connectivity index (χ3n) is 5.79. The summed E-state index contributed by atoms with van der Waals surface area (Å²) in [6.45, 7) is 0. The SMILES string of the molecule is COc1cc2c(c3ccccc13)O[C@@H]1c3cc(OC)c4ccccc4c3O[C@H]21. The number of rotatable bonds is 2. The van der Waals surface area contributed by atoms with Crippen molar-refractivity contribution in [1.82, 2.24) is 0 Å². The number of methoxy groups -OCH3 is 2. The van der Waals surface area contributed by atoms with E-state index in [1.54, 1.807) is 14.2 Å². The Bertz CT molecular complexity index is 1160. The maximum Gasteiger partial charge on any atom is 0.169 e. The van der Waals surface area contributed by atoms with E-state index >= 15 is 0 Å². The van der Waals surface area contributed by atoms with Crippen LogP contribution in [-0.4, -0.2) is 14.2 Å². The average molecular weight is 370 g/mol. The van der Waals surface area contributed by atoms with Gasteiger partial charge in [0.1, 0.15) is 23.0 Å². The van der Waals surface area contributed by atoms with E-state index in [0.717, 1.165) is 55.7 Å². The lowest BCUT2D eigenvalue weighted by Gasteiger charge is -2.14. The van der Waals surface area contributed by atoms with Gasteiger partial charge in [-0.1, -0.05) is 48.5 Å². The van der Waals surface area contributed by atoms with Crippen LogP contribution in [0.25, 0.3) is 21.5 Å². The summed E-state index contributed by atoms with van der Waals surface area (Å²) in [6, 6.07) is 20.4. The van der Waals surface area contributed by atoms with Crippen LogP contribution in [0.4, 0.5) is 0 Å². The van der Waals surface area contributed by atoms with Gasteiger partial charge in [0.2, 0.25) is 0 Å². The highest BCUT2D eigenvalue weighted by molar-refractivity contribution is 5.97. The molecule has 0 fully saturated rings. The highest BCUT2D eigenvalue weighted by Gasteiger charge is 2.46. The first-order chi connectivity index (χ1) is 13.8. The van der Waals surface area contributed by atoms with Crippen LogP contribution in [0, 0.1) is 0 Å². The Balaban J connectivity index is 1.58. The zero-order valence-electron chi connectivity index (χ0n) is 15.6. The molecule has 0 unspecified atom stereocenters. The fourth-order valence-electron chi connectivity index (χ4n) is 4.53. The minimum absolute atomic E-state index is 0.195. The van der Waals surface area contributed by atoms with E-state index in [4.69, 9.17) is 18.9 Å². The molecule has 138 valence electrons. The maximum atomic E-state index is 6.48. The number of ether oxygens (including phenoxy) is 4. The van der Waals surface area contributed by atoms with Crippen molar-refractivity contribution in [1.29, 1.82) is 0 Å². The first-order valence-corrected chi connectivity index (χ1v) is 9.32. The van der Waals surface area contributed by atoms with E-state index in [9.17, 15) is 0 Å². The van der Waals surface area contributed by atoms with Gasteiger partial charge in [0, 0.05) is 32.7 Å². The van der Waals surface area contributed by atoms with Gasteiger partial charge in [0.05, 0.1) is 14.2 Å². The molecule has 2 aliphatic rings. The van der Waals surface area contributed by atoms with Gasteiger partial charge in [0.15, 0.2) is 12.2 Å². The molecule has 0 N–H and O–H groups in total. The quantitative estimate of drug-likeness (QED) is 0.462. The lowest BCUT2D eigenvalue weighted by molar-refractivity contribution is 0.125. The maximum absolute atomic E-state index is 6.48. The molecule has 2 aliphatic heterocycles. The predicted octanol–water partition coefficient (Wildman–Crippen LogP) is 5.58. The molecular formula is C24H18O4. The van der Waals surface area contributed by atoms with E-state index in [2.05, 4.69) is 24.3 Å². The molecule has 0 aromatic heterocycles. The van der Waals surface area contributed by atoms with Crippen molar-refractivity contribution >= 4 is 21.5 Å². The highest BCUT2D eigenvalue weighted by atomic mass is 16.6. The molecule has 0 saturated heterocycles. The van der Waals surface area contributed by atoms with E-state index in [0.29, 0.717) is 0 Å². The summed E-state index contributed by atoms with van der Waals surface area (Å²) < 4.78 is 24.3. The molecule has 2 heterocycles. The zero-order valence-corrected chi connectivity index (χ0v) is 15.6. The van der Waals surface area contributed by atoms with Crippen LogP contribution in [0.15, 0.2) is 60.7 Å². The van der Waals surface area contributed by atoms with Gasteiger partial charge in [0.25, 0.3) is 0 Å². The van der Waals surface area contributed by atoms with Crippen LogP contribution >= 0.6 is 0 Å². The second kappa shape index (κ2) is 5.55. The summed E-state index contributed by atoms with van der Waals surface area (Å²) in [6.07, 6.45) is -0.391. The minimum Gasteiger partial charge on any atom is -0.496 e. The molecule has 0 aliphatic carbocycles. The van der Waals surface area contributed by atoms with Gasteiger partial charge < -0.3 is 18.9 Å². The minimum atomic E-state index is -0.195. The normalized spacial score (nSPS) is 18.9. The summed E-state index contributed by atoms with van der Waals surface area (Å²) in [5.41, 5.74) is 2.06. The van der Waals surface area contributed by atoms with Crippen LogP contribution < -0.4 is 18.9 Å². The Labute approximate surface area is 162 Å². The molecule has 0 radical (unpaired) electrons. The summed E-state index contributed by atoms with van der Waals surface area (Å²) >= 11 is 0.